The number of benzene rings is 1. The highest BCUT2D eigenvalue weighted by Crippen LogP contribution is 2.34. The topological polar surface area (TPSA) is 84.2 Å². The molecule has 1 N–H and O–H groups in total. The monoisotopic (exact) mass is 341 g/mol. The Labute approximate surface area is 147 Å². The quantitative estimate of drug-likeness (QED) is 0.665. The number of aryl methyl sites for hydroxylation is 2. The van der Waals surface area contributed by atoms with Gasteiger partial charge in [-0.25, -0.2) is 9.97 Å². The van der Waals surface area contributed by atoms with E-state index < -0.39 is 0 Å². The van der Waals surface area contributed by atoms with Crippen LogP contribution < -0.4 is 10.2 Å². The molecule has 0 saturated carbocycles. The minimum atomic E-state index is -0.385. The van der Waals surface area contributed by atoms with Crippen LogP contribution in [0.1, 0.15) is 36.8 Å². The van der Waals surface area contributed by atoms with Crippen LogP contribution in [0, 0.1) is 24.0 Å². The molecule has 0 amide bonds. The number of rotatable bonds is 4. The molecule has 132 valence electrons. The lowest BCUT2D eigenvalue weighted by atomic mass is 10.1. The summed E-state index contributed by atoms with van der Waals surface area (Å²) in [6, 6.07) is 5.85. The second kappa shape index (κ2) is 7.46. The van der Waals surface area contributed by atoms with Gasteiger partial charge in [-0.05, 0) is 49.9 Å². The molecular weight excluding hydrogens is 318 g/mol. The number of nitrogens with zero attached hydrogens (tertiary/aromatic N) is 4. The first-order valence-electron chi connectivity index (χ1n) is 8.65. The van der Waals surface area contributed by atoms with Gasteiger partial charge in [-0.3, -0.25) is 10.1 Å². The van der Waals surface area contributed by atoms with Gasteiger partial charge >= 0.3 is 5.69 Å². The molecule has 0 spiro atoms. The summed E-state index contributed by atoms with van der Waals surface area (Å²) in [4.78, 5) is 21.7. The lowest BCUT2D eigenvalue weighted by Crippen LogP contribution is -2.26. The van der Waals surface area contributed by atoms with Gasteiger partial charge in [-0.2, -0.15) is 0 Å². The van der Waals surface area contributed by atoms with Crippen molar-refractivity contribution in [2.75, 3.05) is 23.3 Å². The van der Waals surface area contributed by atoms with Gasteiger partial charge in [-0.1, -0.05) is 18.9 Å². The van der Waals surface area contributed by atoms with Gasteiger partial charge in [0.1, 0.15) is 6.33 Å². The molecule has 0 bridgehead atoms. The van der Waals surface area contributed by atoms with Crippen LogP contribution in [0.25, 0.3) is 0 Å². The maximum atomic E-state index is 11.7. The molecule has 1 aliphatic rings. The molecular formula is C18H23N5O2. The Hall–Kier alpha value is -2.70. The van der Waals surface area contributed by atoms with Crippen LogP contribution in [-0.4, -0.2) is 28.0 Å². The van der Waals surface area contributed by atoms with E-state index >= 15 is 0 Å². The van der Waals surface area contributed by atoms with E-state index in [0.717, 1.165) is 50.0 Å². The smallest absolute Gasteiger partial charge is 0.351 e. The number of nitro groups is 1. The largest absolute Gasteiger partial charge is 0.353 e. The van der Waals surface area contributed by atoms with Crippen LogP contribution in [-0.2, 0) is 0 Å². The molecule has 1 aliphatic heterocycles. The Kier molecular flexibility index (Phi) is 5.11. The fourth-order valence-electron chi connectivity index (χ4n) is 3.10. The lowest BCUT2D eigenvalue weighted by Gasteiger charge is -2.21. The highest BCUT2D eigenvalue weighted by atomic mass is 16.6. The molecule has 1 aromatic carbocycles. The molecule has 0 unspecified atom stereocenters. The highest BCUT2D eigenvalue weighted by Gasteiger charge is 2.27. The summed E-state index contributed by atoms with van der Waals surface area (Å²) < 4.78 is 0. The molecule has 0 aliphatic carbocycles. The number of anilines is 3. The van der Waals surface area contributed by atoms with E-state index in [2.05, 4.69) is 15.3 Å². The first-order valence-corrected chi connectivity index (χ1v) is 8.65. The van der Waals surface area contributed by atoms with Crippen molar-refractivity contribution in [1.29, 1.82) is 0 Å². The van der Waals surface area contributed by atoms with Gasteiger partial charge in [0.25, 0.3) is 0 Å². The zero-order valence-corrected chi connectivity index (χ0v) is 14.7. The van der Waals surface area contributed by atoms with E-state index in [1.165, 1.54) is 11.9 Å². The molecule has 1 fully saturated rings. The molecule has 25 heavy (non-hydrogen) atoms. The van der Waals surface area contributed by atoms with Crippen LogP contribution in [0.15, 0.2) is 24.5 Å². The Morgan fingerprint density at radius 2 is 1.80 bits per heavy atom. The van der Waals surface area contributed by atoms with Crippen molar-refractivity contribution in [3.63, 3.8) is 0 Å². The van der Waals surface area contributed by atoms with Gasteiger partial charge in [-0.15, -0.1) is 0 Å². The molecule has 1 aromatic heterocycles. The first-order chi connectivity index (χ1) is 12.1. The number of aromatic nitrogens is 2. The molecule has 7 heteroatoms. The lowest BCUT2D eigenvalue weighted by molar-refractivity contribution is -0.383. The van der Waals surface area contributed by atoms with Crippen LogP contribution in [0.3, 0.4) is 0 Å². The average molecular weight is 341 g/mol. The minimum Gasteiger partial charge on any atom is -0.351 e. The Balaban J connectivity index is 1.97. The van der Waals surface area contributed by atoms with Crippen molar-refractivity contribution >= 4 is 23.0 Å². The molecule has 3 rings (SSSR count). The summed E-state index contributed by atoms with van der Waals surface area (Å²) in [6.07, 6.45) is 5.77. The van der Waals surface area contributed by atoms with E-state index in [1.54, 1.807) is 0 Å². The van der Waals surface area contributed by atoms with Crippen LogP contribution in [0.4, 0.5) is 23.0 Å². The molecule has 1 saturated heterocycles. The van der Waals surface area contributed by atoms with Crippen molar-refractivity contribution < 1.29 is 4.92 Å². The Morgan fingerprint density at radius 1 is 1.08 bits per heavy atom. The average Bonchev–Trinajstić information content (AvgIpc) is 2.87. The highest BCUT2D eigenvalue weighted by molar-refractivity contribution is 5.74. The molecule has 2 aromatic rings. The fraction of sp³-hybridized carbons (Fsp3) is 0.444. The standard InChI is InChI=1S/C18H23N5O2/c1-13-7-8-15(11-14(13)2)21-17-16(23(24)25)18(20-12-19-17)22-9-5-3-4-6-10-22/h7-8,11-12H,3-6,9-10H2,1-2H3,(H,19,20,21). The first kappa shape index (κ1) is 17.1. The predicted molar refractivity (Wildman–Crippen MR) is 98.6 cm³/mol. The fourth-order valence-corrected chi connectivity index (χ4v) is 3.10. The third kappa shape index (κ3) is 3.87. The van der Waals surface area contributed by atoms with Gasteiger partial charge < -0.3 is 10.2 Å². The van der Waals surface area contributed by atoms with Gasteiger partial charge in [0.2, 0.25) is 11.6 Å². The molecule has 0 radical (unpaired) electrons. The van der Waals surface area contributed by atoms with Crippen molar-refractivity contribution in [2.24, 2.45) is 0 Å². The summed E-state index contributed by atoms with van der Waals surface area (Å²) in [7, 11) is 0. The second-order valence-electron chi connectivity index (χ2n) is 6.48. The number of nitrogens with one attached hydrogen (secondary N) is 1. The second-order valence-corrected chi connectivity index (χ2v) is 6.48. The van der Waals surface area contributed by atoms with Gasteiger partial charge in [0.05, 0.1) is 4.92 Å². The van der Waals surface area contributed by atoms with Gasteiger partial charge in [0.15, 0.2) is 0 Å². The van der Waals surface area contributed by atoms with Crippen LogP contribution >= 0.6 is 0 Å². The van der Waals surface area contributed by atoms with E-state index in [1.807, 2.05) is 36.9 Å². The molecule has 7 nitrogen and oxygen atoms in total. The van der Waals surface area contributed by atoms with Gasteiger partial charge in [0, 0.05) is 18.8 Å². The van der Waals surface area contributed by atoms with Crippen LogP contribution in [0.5, 0.6) is 0 Å². The van der Waals surface area contributed by atoms with E-state index in [9.17, 15) is 10.1 Å². The third-order valence-electron chi connectivity index (χ3n) is 4.66. The van der Waals surface area contributed by atoms with E-state index in [-0.39, 0.29) is 16.4 Å². The Bertz CT molecular complexity index is 770. The van der Waals surface area contributed by atoms with E-state index in [4.69, 9.17) is 0 Å². The van der Waals surface area contributed by atoms with Crippen molar-refractivity contribution in [3.05, 3.63) is 45.8 Å². The Morgan fingerprint density at radius 3 is 2.44 bits per heavy atom. The van der Waals surface area contributed by atoms with Crippen molar-refractivity contribution in [2.45, 2.75) is 39.5 Å². The predicted octanol–water partition coefficient (Wildman–Crippen LogP) is 4.13. The summed E-state index contributed by atoms with van der Waals surface area (Å²) >= 11 is 0. The maximum absolute atomic E-state index is 11.7. The zero-order chi connectivity index (χ0) is 17.8. The van der Waals surface area contributed by atoms with Crippen molar-refractivity contribution in [3.8, 4) is 0 Å². The summed E-state index contributed by atoms with van der Waals surface area (Å²) in [5.74, 6) is 0.649. The SMILES string of the molecule is Cc1ccc(Nc2ncnc(N3CCCCCC3)c2[N+](=O)[O-])cc1C. The molecule has 0 atom stereocenters. The van der Waals surface area contributed by atoms with E-state index in [0.29, 0.717) is 5.82 Å². The van der Waals surface area contributed by atoms with Crippen molar-refractivity contribution in [1.82, 2.24) is 9.97 Å². The number of hydrogen-bond donors (Lipinski definition) is 1. The third-order valence-corrected chi connectivity index (χ3v) is 4.66. The number of hydrogen-bond acceptors (Lipinski definition) is 6. The van der Waals surface area contributed by atoms with Crippen LogP contribution in [0.2, 0.25) is 0 Å². The summed E-state index contributed by atoms with van der Waals surface area (Å²) in [5, 5.41) is 14.8. The molecule has 2 heterocycles. The zero-order valence-electron chi connectivity index (χ0n) is 14.7. The normalized spacial score (nSPS) is 14.9. The minimum absolute atomic E-state index is 0.0531. The summed E-state index contributed by atoms with van der Waals surface area (Å²) in [6.45, 7) is 5.63. The summed E-state index contributed by atoms with van der Waals surface area (Å²) in [5.41, 5.74) is 3.02. The maximum Gasteiger partial charge on any atom is 0.353 e.